The maximum absolute atomic E-state index is 11.4. The number of likely N-dealkylation sites (tertiary alicyclic amines) is 1. The van der Waals surface area contributed by atoms with Crippen molar-refractivity contribution in [3.8, 4) is 17.5 Å². The molecule has 0 spiro atoms. The van der Waals surface area contributed by atoms with E-state index in [0.29, 0.717) is 23.7 Å². The quantitative estimate of drug-likeness (QED) is 0.339. The highest BCUT2D eigenvalue weighted by Crippen LogP contribution is 2.29. The normalized spacial score (nSPS) is 15.5. The Morgan fingerprint density at radius 2 is 1.97 bits per heavy atom. The van der Waals surface area contributed by atoms with Crippen LogP contribution in [0.1, 0.15) is 62.5 Å². The smallest absolute Gasteiger partial charge is 0.230 e. The highest BCUT2D eigenvalue weighted by Gasteiger charge is 2.25. The molecule has 1 aromatic heterocycles. The van der Waals surface area contributed by atoms with Gasteiger partial charge in [-0.15, -0.1) is 0 Å². The predicted molar refractivity (Wildman–Crippen MR) is 149 cm³/mol. The van der Waals surface area contributed by atoms with E-state index in [1.165, 1.54) is 6.21 Å². The molecule has 0 radical (unpaired) electrons. The molecule has 2 saturated heterocycles. The van der Waals surface area contributed by atoms with Crippen LogP contribution in [-0.4, -0.2) is 59.2 Å². The molecule has 10 nitrogen and oxygen atoms in total. The summed E-state index contributed by atoms with van der Waals surface area (Å²) in [5.41, 5.74) is 4.00. The molecule has 0 bridgehead atoms. The summed E-state index contributed by atoms with van der Waals surface area (Å²) in [7, 11) is 0. The first-order valence-corrected chi connectivity index (χ1v) is 13.2. The SMILES string of the molecule is CC(C)Nc1cc(-c2noc(C3CCN(C=O)CC3)n2)ccc1C=N.N#Cc1cccc(N2CCCC2=O)c1. The van der Waals surface area contributed by atoms with Gasteiger partial charge in [0, 0.05) is 66.7 Å². The molecule has 0 unspecified atom stereocenters. The third-order valence-electron chi connectivity index (χ3n) is 6.74. The summed E-state index contributed by atoms with van der Waals surface area (Å²) in [6, 6.07) is 15.2. The minimum atomic E-state index is 0.153. The van der Waals surface area contributed by atoms with E-state index in [1.807, 2.05) is 24.3 Å². The Balaban J connectivity index is 0.000000212. The second-order valence-corrected chi connectivity index (χ2v) is 9.93. The number of nitrogens with one attached hydrogen (secondary N) is 2. The van der Waals surface area contributed by atoms with E-state index in [9.17, 15) is 9.59 Å². The molecule has 2 fully saturated rings. The van der Waals surface area contributed by atoms with Gasteiger partial charge >= 0.3 is 0 Å². The average Bonchev–Trinajstić information content (AvgIpc) is 3.63. The van der Waals surface area contributed by atoms with Crippen molar-refractivity contribution in [1.82, 2.24) is 15.0 Å². The van der Waals surface area contributed by atoms with E-state index >= 15 is 0 Å². The van der Waals surface area contributed by atoms with Gasteiger partial charge in [0.25, 0.3) is 0 Å². The average molecular weight is 528 g/mol. The van der Waals surface area contributed by atoms with Gasteiger partial charge in [0.15, 0.2) is 0 Å². The van der Waals surface area contributed by atoms with Crippen LogP contribution >= 0.6 is 0 Å². The fourth-order valence-corrected chi connectivity index (χ4v) is 4.69. The van der Waals surface area contributed by atoms with E-state index in [-0.39, 0.29) is 17.9 Å². The highest BCUT2D eigenvalue weighted by atomic mass is 16.5. The number of amides is 2. The van der Waals surface area contributed by atoms with Crippen LogP contribution in [0.25, 0.3) is 11.4 Å². The topological polar surface area (TPSA) is 139 Å². The van der Waals surface area contributed by atoms with Crippen molar-refractivity contribution in [2.24, 2.45) is 0 Å². The Morgan fingerprint density at radius 3 is 2.62 bits per heavy atom. The molecule has 0 saturated carbocycles. The Kier molecular flexibility index (Phi) is 9.05. The molecule has 202 valence electrons. The van der Waals surface area contributed by atoms with Gasteiger partial charge in [0.05, 0.1) is 11.6 Å². The molecule has 2 amide bonds. The highest BCUT2D eigenvalue weighted by molar-refractivity contribution is 5.95. The van der Waals surface area contributed by atoms with Gasteiger partial charge in [-0.05, 0) is 57.4 Å². The van der Waals surface area contributed by atoms with Crippen LogP contribution in [-0.2, 0) is 9.59 Å². The lowest BCUT2D eigenvalue weighted by Crippen LogP contribution is -2.31. The lowest BCUT2D eigenvalue weighted by Gasteiger charge is -2.26. The Hall–Kier alpha value is -4.52. The summed E-state index contributed by atoms with van der Waals surface area (Å²) in [4.78, 5) is 30.3. The zero-order valence-corrected chi connectivity index (χ0v) is 22.3. The maximum Gasteiger partial charge on any atom is 0.230 e. The molecule has 0 atom stereocenters. The van der Waals surface area contributed by atoms with Crippen molar-refractivity contribution in [2.75, 3.05) is 29.9 Å². The summed E-state index contributed by atoms with van der Waals surface area (Å²) < 4.78 is 5.47. The third kappa shape index (κ3) is 6.87. The zero-order chi connectivity index (χ0) is 27.8. The fraction of sp³-hybridized carbons (Fsp3) is 0.379. The van der Waals surface area contributed by atoms with Crippen molar-refractivity contribution >= 4 is 29.9 Å². The largest absolute Gasteiger partial charge is 0.382 e. The summed E-state index contributed by atoms with van der Waals surface area (Å²) in [5, 5.41) is 23.7. The van der Waals surface area contributed by atoms with Gasteiger partial charge in [-0.1, -0.05) is 23.4 Å². The molecular formula is C29H33N7O3. The van der Waals surface area contributed by atoms with Crippen LogP contribution < -0.4 is 10.2 Å². The molecule has 39 heavy (non-hydrogen) atoms. The molecule has 2 aromatic carbocycles. The zero-order valence-electron chi connectivity index (χ0n) is 22.3. The first-order valence-electron chi connectivity index (χ1n) is 13.2. The van der Waals surface area contributed by atoms with Gasteiger partial charge in [-0.25, -0.2) is 0 Å². The van der Waals surface area contributed by atoms with E-state index < -0.39 is 0 Å². The number of hydrogen-bond acceptors (Lipinski definition) is 8. The number of benzene rings is 2. The second-order valence-electron chi connectivity index (χ2n) is 9.93. The predicted octanol–water partition coefficient (Wildman–Crippen LogP) is 4.58. The fourth-order valence-electron chi connectivity index (χ4n) is 4.69. The Morgan fingerprint density at radius 1 is 1.18 bits per heavy atom. The van der Waals surface area contributed by atoms with Gasteiger partial charge in [-0.3, -0.25) is 9.59 Å². The van der Waals surface area contributed by atoms with E-state index in [2.05, 4.69) is 35.4 Å². The van der Waals surface area contributed by atoms with E-state index in [1.54, 1.807) is 28.0 Å². The van der Waals surface area contributed by atoms with Crippen molar-refractivity contribution in [1.29, 1.82) is 10.7 Å². The molecule has 3 heterocycles. The lowest BCUT2D eigenvalue weighted by molar-refractivity contribution is -0.119. The van der Waals surface area contributed by atoms with Crippen LogP contribution in [0.4, 0.5) is 11.4 Å². The number of anilines is 2. The summed E-state index contributed by atoms with van der Waals surface area (Å²) in [6.45, 7) is 6.33. The summed E-state index contributed by atoms with van der Waals surface area (Å²) >= 11 is 0. The monoisotopic (exact) mass is 527 g/mol. The van der Waals surface area contributed by atoms with Crippen LogP contribution in [0.5, 0.6) is 0 Å². The minimum Gasteiger partial charge on any atom is -0.382 e. The van der Waals surface area contributed by atoms with Gasteiger partial charge in [0.1, 0.15) is 0 Å². The van der Waals surface area contributed by atoms with Gasteiger partial charge in [-0.2, -0.15) is 10.2 Å². The number of rotatable bonds is 7. The van der Waals surface area contributed by atoms with E-state index in [4.69, 9.17) is 15.2 Å². The Bertz CT molecular complexity index is 1350. The number of nitriles is 1. The van der Waals surface area contributed by atoms with Crippen molar-refractivity contribution in [2.45, 2.75) is 51.5 Å². The number of nitrogens with zero attached hydrogens (tertiary/aromatic N) is 5. The van der Waals surface area contributed by atoms with Crippen molar-refractivity contribution in [3.05, 3.63) is 59.5 Å². The minimum absolute atomic E-state index is 0.153. The van der Waals surface area contributed by atoms with Crippen LogP contribution in [0.2, 0.25) is 0 Å². The van der Waals surface area contributed by atoms with Gasteiger partial charge in [0.2, 0.25) is 24.0 Å². The molecule has 0 aliphatic carbocycles. The lowest BCUT2D eigenvalue weighted by atomic mass is 9.97. The third-order valence-corrected chi connectivity index (χ3v) is 6.74. The number of hydrogen-bond donors (Lipinski definition) is 2. The van der Waals surface area contributed by atoms with Crippen LogP contribution in [0.3, 0.4) is 0 Å². The van der Waals surface area contributed by atoms with Crippen LogP contribution in [0.15, 0.2) is 47.0 Å². The maximum atomic E-state index is 11.4. The summed E-state index contributed by atoms with van der Waals surface area (Å²) in [5.74, 6) is 1.54. The number of aromatic nitrogens is 2. The standard InChI is InChI=1S/C18H23N5O2.C11H10N2O/c1-12(2)20-16-9-14(3-4-15(16)10-19)17-21-18(25-22-17)13-5-7-23(11-24)8-6-13;12-8-9-3-1-4-10(7-9)13-6-2-5-11(13)14/h3-4,9-13,19-20H,5-8H2,1-2H3;1,3-4,7H,2,5-6H2. The molecule has 3 aromatic rings. The first kappa shape index (κ1) is 27.5. The van der Waals surface area contributed by atoms with Crippen molar-refractivity contribution < 1.29 is 14.1 Å². The number of carbonyl (C=O) groups excluding carboxylic acids is 2. The van der Waals surface area contributed by atoms with Gasteiger partial charge < -0.3 is 25.0 Å². The van der Waals surface area contributed by atoms with E-state index in [0.717, 1.165) is 67.8 Å². The summed E-state index contributed by atoms with van der Waals surface area (Å²) in [6.07, 6.45) is 5.44. The molecule has 2 aliphatic heterocycles. The molecule has 5 rings (SSSR count). The Labute approximate surface area is 228 Å². The number of piperidine rings is 1. The number of carbonyl (C=O) groups is 2. The van der Waals surface area contributed by atoms with Crippen molar-refractivity contribution in [3.63, 3.8) is 0 Å². The first-order chi connectivity index (χ1) is 18.9. The van der Waals surface area contributed by atoms with Crippen LogP contribution in [0, 0.1) is 16.7 Å². The molecule has 10 heteroatoms. The molecule has 2 N–H and O–H groups in total. The molecule has 2 aliphatic rings. The molecular weight excluding hydrogens is 494 g/mol. The second kappa shape index (κ2) is 12.8.